The molecule has 0 fully saturated rings. The van der Waals surface area contributed by atoms with E-state index in [1.165, 1.54) is 23.4 Å². The fraction of sp³-hybridized carbons (Fsp3) is 0.150. The molecule has 5 nitrogen and oxygen atoms in total. The van der Waals surface area contributed by atoms with Gasteiger partial charge >= 0.3 is 0 Å². The van der Waals surface area contributed by atoms with E-state index in [1.54, 1.807) is 6.07 Å². The van der Waals surface area contributed by atoms with Crippen LogP contribution in [0.25, 0.3) is 0 Å². The summed E-state index contributed by atoms with van der Waals surface area (Å²) in [4.78, 5) is 2.99. The molecular weight excluding hydrogens is 346 g/mol. The van der Waals surface area contributed by atoms with E-state index >= 15 is 0 Å². The number of anilines is 1. The van der Waals surface area contributed by atoms with Crippen molar-refractivity contribution < 1.29 is 13.4 Å². The van der Waals surface area contributed by atoms with Gasteiger partial charge in [-0.05, 0) is 23.6 Å². The third-order valence-electron chi connectivity index (χ3n) is 4.27. The third kappa shape index (κ3) is 4.68. The van der Waals surface area contributed by atoms with Gasteiger partial charge in [0.15, 0.2) is 0 Å². The number of benzene rings is 2. The fourth-order valence-electron chi connectivity index (χ4n) is 2.95. The average Bonchev–Trinajstić information content (AvgIpc) is 2.66. The lowest BCUT2D eigenvalue weighted by atomic mass is 9.88. The van der Waals surface area contributed by atoms with Gasteiger partial charge in [0.05, 0.1) is 6.54 Å². The monoisotopic (exact) mass is 368 g/mol. The van der Waals surface area contributed by atoms with Crippen molar-refractivity contribution in [2.75, 3.05) is 11.9 Å². The molecule has 2 aromatic carbocycles. The van der Waals surface area contributed by atoms with Crippen LogP contribution in [0.2, 0.25) is 0 Å². The van der Waals surface area contributed by atoms with E-state index in [1.807, 2.05) is 12.1 Å². The Morgan fingerprint density at radius 2 is 1.46 bits per heavy atom. The number of H-pyrrole nitrogens is 1. The Morgan fingerprint density at radius 3 is 1.92 bits per heavy atom. The number of primary sulfonamides is 1. The van der Waals surface area contributed by atoms with Gasteiger partial charge in [0.2, 0.25) is 10.0 Å². The summed E-state index contributed by atoms with van der Waals surface area (Å²) >= 11 is 0. The van der Waals surface area contributed by atoms with Gasteiger partial charge in [0.1, 0.15) is 11.1 Å². The van der Waals surface area contributed by atoms with Gasteiger partial charge in [-0.2, -0.15) is 0 Å². The van der Waals surface area contributed by atoms with E-state index in [0.29, 0.717) is 0 Å². The Kier molecular flexibility index (Phi) is 5.65. The molecule has 0 aliphatic heterocycles. The summed E-state index contributed by atoms with van der Waals surface area (Å²) in [5, 5.41) is 8.41. The number of sulfonamides is 1. The maximum absolute atomic E-state index is 11.3. The summed E-state index contributed by atoms with van der Waals surface area (Å²) in [6.45, 7) is 0.736. The first-order valence-corrected chi connectivity index (χ1v) is 9.97. The highest BCUT2D eigenvalue weighted by atomic mass is 32.2. The quantitative estimate of drug-likeness (QED) is 0.672. The summed E-state index contributed by atoms with van der Waals surface area (Å²) in [7, 11) is -3.68. The van der Waals surface area contributed by atoms with Crippen LogP contribution in [0.1, 0.15) is 23.5 Å². The lowest BCUT2D eigenvalue weighted by molar-refractivity contribution is -0.364. The van der Waals surface area contributed by atoms with Crippen LogP contribution in [-0.2, 0) is 10.0 Å². The minimum absolute atomic E-state index is 0.0643. The molecule has 3 aromatic rings. The van der Waals surface area contributed by atoms with Gasteiger partial charge < -0.3 is 0 Å². The Morgan fingerprint density at radius 1 is 0.885 bits per heavy atom. The molecule has 3 rings (SSSR count). The Hall–Kier alpha value is -2.70. The second-order valence-electron chi connectivity index (χ2n) is 6.07. The van der Waals surface area contributed by atoms with Crippen molar-refractivity contribution in [3.05, 3.63) is 90.1 Å². The van der Waals surface area contributed by atoms with Gasteiger partial charge in [-0.25, -0.2) is 18.5 Å². The van der Waals surface area contributed by atoms with E-state index in [9.17, 15) is 8.42 Å². The number of nitrogens with one attached hydrogen (secondary N) is 2. The summed E-state index contributed by atoms with van der Waals surface area (Å²) in [5.74, 6) is 1.03. The van der Waals surface area contributed by atoms with E-state index in [-0.39, 0.29) is 10.8 Å². The highest BCUT2D eigenvalue weighted by Crippen LogP contribution is 2.27. The zero-order valence-corrected chi connectivity index (χ0v) is 15.1. The summed E-state index contributed by atoms with van der Waals surface area (Å²) in [6, 6.07) is 24.0. The number of nitrogens with two attached hydrogens (primary N) is 1. The number of hydrogen-bond donors (Lipinski definition) is 2. The predicted molar refractivity (Wildman–Crippen MR) is 102 cm³/mol. The van der Waals surface area contributed by atoms with Crippen molar-refractivity contribution in [3.8, 4) is 0 Å². The maximum atomic E-state index is 11.3. The number of rotatable bonds is 7. The topological polar surface area (TPSA) is 86.3 Å². The molecule has 0 amide bonds. The van der Waals surface area contributed by atoms with Crippen LogP contribution in [0.5, 0.6) is 0 Å². The van der Waals surface area contributed by atoms with Gasteiger partial charge in [-0.3, -0.25) is 5.32 Å². The summed E-state index contributed by atoms with van der Waals surface area (Å²) < 4.78 is 22.6. The molecule has 0 aliphatic rings. The van der Waals surface area contributed by atoms with E-state index in [2.05, 4.69) is 58.8 Å². The van der Waals surface area contributed by atoms with Crippen molar-refractivity contribution in [1.82, 2.24) is 0 Å². The Balaban J connectivity index is 1.69. The van der Waals surface area contributed by atoms with Crippen molar-refractivity contribution in [2.24, 2.45) is 5.14 Å². The zero-order valence-electron chi connectivity index (χ0n) is 14.3. The number of aromatic amines is 1. The van der Waals surface area contributed by atoms with Gasteiger partial charge in [-0.15, -0.1) is 0 Å². The number of hydrogen-bond acceptors (Lipinski definition) is 3. The summed E-state index contributed by atoms with van der Waals surface area (Å²) in [5.41, 5.74) is 2.54. The van der Waals surface area contributed by atoms with E-state index < -0.39 is 10.0 Å². The zero-order chi connectivity index (χ0) is 18.4. The largest absolute Gasteiger partial charge is 0.274 e. The molecule has 0 atom stereocenters. The first-order valence-electron chi connectivity index (χ1n) is 8.42. The lowest BCUT2D eigenvalue weighted by Crippen LogP contribution is -2.19. The second kappa shape index (κ2) is 8.12. The number of pyridine rings is 1. The standard InChI is InChI=1S/C20H21N3O2S/c21-26(24,25)18-11-12-20(23-15-18)22-14-13-19(16-7-3-1-4-8-16)17-9-5-2-6-10-17/h1-12,15,19H,13-14H2,(H,22,23)(H2,21,24,25)/p+1. The molecule has 4 N–H and O–H groups in total. The van der Waals surface area contributed by atoms with Crippen LogP contribution in [0.4, 0.5) is 5.82 Å². The minimum atomic E-state index is -3.68. The molecule has 26 heavy (non-hydrogen) atoms. The van der Waals surface area contributed by atoms with E-state index in [4.69, 9.17) is 5.14 Å². The SMILES string of the molecule is NS(=O)(=O)c1ccc(NCCC(c2ccccc2)c2ccccc2)[nH+]c1. The molecule has 0 unspecified atom stereocenters. The molecule has 1 aromatic heterocycles. The van der Waals surface area contributed by atoms with Crippen LogP contribution >= 0.6 is 0 Å². The molecule has 0 saturated carbocycles. The lowest BCUT2D eigenvalue weighted by Gasteiger charge is -2.17. The van der Waals surface area contributed by atoms with Crippen molar-refractivity contribution in [1.29, 1.82) is 0 Å². The molecular formula is C20H22N3O2S+. The Bertz CT molecular complexity index is 888. The smallest absolute Gasteiger partial charge is 0.272 e. The molecule has 134 valence electrons. The molecule has 0 bridgehead atoms. The van der Waals surface area contributed by atoms with Crippen LogP contribution in [-0.4, -0.2) is 15.0 Å². The maximum Gasteiger partial charge on any atom is 0.272 e. The van der Waals surface area contributed by atoms with Crippen molar-refractivity contribution >= 4 is 15.8 Å². The van der Waals surface area contributed by atoms with Crippen molar-refractivity contribution in [2.45, 2.75) is 17.2 Å². The molecule has 6 heteroatoms. The van der Waals surface area contributed by atoms with E-state index in [0.717, 1.165) is 18.8 Å². The van der Waals surface area contributed by atoms with Crippen molar-refractivity contribution in [3.63, 3.8) is 0 Å². The predicted octanol–water partition coefficient (Wildman–Crippen LogP) is 2.78. The normalized spacial score (nSPS) is 11.5. The van der Waals surface area contributed by atoms with Crippen LogP contribution in [0.3, 0.4) is 0 Å². The fourth-order valence-corrected chi connectivity index (χ4v) is 3.43. The van der Waals surface area contributed by atoms with Gasteiger partial charge in [0, 0.05) is 12.0 Å². The second-order valence-corrected chi connectivity index (χ2v) is 7.63. The first-order chi connectivity index (χ1) is 12.5. The van der Waals surface area contributed by atoms with Crippen LogP contribution < -0.4 is 15.4 Å². The molecule has 0 aliphatic carbocycles. The molecule has 0 spiro atoms. The highest BCUT2D eigenvalue weighted by molar-refractivity contribution is 7.89. The minimum Gasteiger partial charge on any atom is -0.274 e. The first kappa shape index (κ1) is 18.1. The van der Waals surface area contributed by atoms with Gasteiger partial charge in [0.25, 0.3) is 5.82 Å². The highest BCUT2D eigenvalue weighted by Gasteiger charge is 2.15. The number of aromatic nitrogens is 1. The average molecular weight is 368 g/mol. The molecule has 1 heterocycles. The molecule has 0 saturated heterocycles. The van der Waals surface area contributed by atoms with Gasteiger partial charge in [-0.1, -0.05) is 60.7 Å². The third-order valence-corrected chi connectivity index (χ3v) is 5.18. The summed E-state index contributed by atoms with van der Waals surface area (Å²) in [6.07, 6.45) is 2.29. The Labute approximate surface area is 154 Å². The molecule has 0 radical (unpaired) electrons. The van der Waals surface area contributed by atoms with Crippen LogP contribution in [0.15, 0.2) is 83.9 Å². The van der Waals surface area contributed by atoms with Crippen LogP contribution in [0, 0.1) is 0 Å².